The van der Waals surface area contributed by atoms with Crippen LogP contribution in [0.4, 0.5) is 10.5 Å². The van der Waals surface area contributed by atoms with Crippen molar-refractivity contribution in [3.8, 4) is 5.75 Å². The Bertz CT molecular complexity index is 776. The number of urea groups is 1. The summed E-state index contributed by atoms with van der Waals surface area (Å²) in [4.78, 5) is 17.5. The minimum absolute atomic E-state index is 0.105. The Morgan fingerprint density at radius 2 is 1.68 bits per heavy atom. The van der Waals surface area contributed by atoms with E-state index >= 15 is 0 Å². The summed E-state index contributed by atoms with van der Waals surface area (Å²) < 4.78 is 5.54. The van der Waals surface area contributed by atoms with Crippen LogP contribution in [0.5, 0.6) is 5.75 Å². The minimum atomic E-state index is -0.105. The number of carbonyl (C=O) groups excluding carboxylic acids is 1. The van der Waals surface area contributed by atoms with Gasteiger partial charge < -0.3 is 19.9 Å². The molecule has 0 aliphatic heterocycles. The predicted molar refractivity (Wildman–Crippen MR) is 130 cm³/mol. The predicted octanol–water partition coefficient (Wildman–Crippen LogP) is 6.28. The van der Waals surface area contributed by atoms with Gasteiger partial charge in [0.25, 0.3) is 0 Å². The fraction of sp³-hybridized carbons (Fsp3) is 0.480. The molecule has 0 saturated carbocycles. The molecule has 0 heterocycles. The highest BCUT2D eigenvalue weighted by molar-refractivity contribution is 6.30. The SMILES string of the molecule is CCOc1ccc(CN(C(=O)Nc2ccc(Cl)cc2)C(C)CCCN(CC)CC)cc1. The van der Waals surface area contributed by atoms with E-state index in [0.29, 0.717) is 18.2 Å². The minimum Gasteiger partial charge on any atom is -0.494 e. The third kappa shape index (κ3) is 8.42. The van der Waals surface area contributed by atoms with Crippen molar-refractivity contribution >= 4 is 23.3 Å². The molecule has 1 atom stereocenters. The van der Waals surface area contributed by atoms with Gasteiger partial charge in [0, 0.05) is 23.3 Å². The summed E-state index contributed by atoms with van der Waals surface area (Å²) >= 11 is 5.97. The summed E-state index contributed by atoms with van der Waals surface area (Å²) in [6.07, 6.45) is 2.00. The van der Waals surface area contributed by atoms with Gasteiger partial charge in [0.15, 0.2) is 0 Å². The summed E-state index contributed by atoms with van der Waals surface area (Å²) in [5.41, 5.74) is 1.81. The Labute approximate surface area is 192 Å². The van der Waals surface area contributed by atoms with E-state index in [1.165, 1.54) is 0 Å². The van der Waals surface area contributed by atoms with Crippen molar-refractivity contribution in [3.05, 3.63) is 59.1 Å². The van der Waals surface area contributed by atoms with E-state index in [9.17, 15) is 4.79 Å². The summed E-state index contributed by atoms with van der Waals surface area (Å²) in [7, 11) is 0. The molecule has 2 aromatic carbocycles. The first-order valence-electron chi connectivity index (χ1n) is 11.2. The highest BCUT2D eigenvalue weighted by Gasteiger charge is 2.21. The van der Waals surface area contributed by atoms with E-state index in [2.05, 4.69) is 31.0 Å². The van der Waals surface area contributed by atoms with Crippen LogP contribution in [0, 0.1) is 0 Å². The molecule has 0 radical (unpaired) electrons. The van der Waals surface area contributed by atoms with Crippen molar-refractivity contribution in [2.45, 2.75) is 53.1 Å². The van der Waals surface area contributed by atoms with Gasteiger partial charge in [0.05, 0.1) is 6.61 Å². The average molecular weight is 446 g/mol. The number of ether oxygens (including phenoxy) is 1. The summed E-state index contributed by atoms with van der Waals surface area (Å²) in [5.74, 6) is 0.843. The standard InChI is InChI=1S/C25H36ClN3O2/c1-5-28(6-2)18-8-9-20(4)29(19-21-10-16-24(17-11-21)31-7-3)25(30)27-23-14-12-22(26)13-15-23/h10-17,20H,5-9,18-19H2,1-4H3,(H,27,30). The largest absolute Gasteiger partial charge is 0.494 e. The Morgan fingerprint density at radius 3 is 2.26 bits per heavy atom. The van der Waals surface area contributed by atoms with Crippen molar-refractivity contribution in [3.63, 3.8) is 0 Å². The molecule has 31 heavy (non-hydrogen) atoms. The Kier molecular flexibility index (Phi) is 10.7. The van der Waals surface area contributed by atoms with Crippen molar-refractivity contribution in [1.82, 2.24) is 9.80 Å². The van der Waals surface area contributed by atoms with Crippen molar-refractivity contribution in [2.24, 2.45) is 0 Å². The van der Waals surface area contributed by atoms with Gasteiger partial charge in [0.2, 0.25) is 0 Å². The zero-order valence-electron chi connectivity index (χ0n) is 19.2. The topological polar surface area (TPSA) is 44.8 Å². The third-order valence-electron chi connectivity index (χ3n) is 5.47. The highest BCUT2D eigenvalue weighted by Crippen LogP contribution is 2.19. The second kappa shape index (κ2) is 13.2. The quantitative estimate of drug-likeness (QED) is 0.418. The lowest BCUT2D eigenvalue weighted by Crippen LogP contribution is -2.41. The van der Waals surface area contributed by atoms with Gasteiger partial charge in [-0.05, 0) is 88.3 Å². The molecule has 2 aromatic rings. The Morgan fingerprint density at radius 1 is 1.03 bits per heavy atom. The monoisotopic (exact) mass is 445 g/mol. The van der Waals surface area contributed by atoms with Crippen molar-refractivity contribution in [1.29, 1.82) is 0 Å². The van der Waals surface area contributed by atoms with Crippen LogP contribution < -0.4 is 10.1 Å². The van der Waals surface area contributed by atoms with Crippen LogP contribution in [0.2, 0.25) is 5.02 Å². The lowest BCUT2D eigenvalue weighted by Gasteiger charge is -2.30. The third-order valence-corrected chi connectivity index (χ3v) is 5.72. The van der Waals surface area contributed by atoms with Crippen LogP contribution in [0.15, 0.2) is 48.5 Å². The molecule has 2 rings (SSSR count). The number of anilines is 1. The number of benzene rings is 2. The number of nitrogens with zero attached hydrogens (tertiary/aromatic N) is 2. The molecule has 170 valence electrons. The van der Waals surface area contributed by atoms with E-state index in [0.717, 1.165) is 49.5 Å². The molecule has 1 N–H and O–H groups in total. The van der Waals surface area contributed by atoms with Crippen molar-refractivity contribution in [2.75, 3.05) is 31.6 Å². The maximum atomic E-state index is 13.2. The first-order valence-corrected chi connectivity index (χ1v) is 11.6. The molecule has 0 aliphatic carbocycles. The zero-order valence-corrected chi connectivity index (χ0v) is 20.0. The maximum Gasteiger partial charge on any atom is 0.322 e. The smallest absolute Gasteiger partial charge is 0.322 e. The fourth-order valence-electron chi connectivity index (χ4n) is 3.52. The molecule has 0 bridgehead atoms. The molecule has 0 aliphatic rings. The van der Waals surface area contributed by atoms with Crippen LogP contribution >= 0.6 is 11.6 Å². The second-order valence-electron chi connectivity index (χ2n) is 7.66. The van der Waals surface area contributed by atoms with Crippen LogP contribution in [-0.2, 0) is 6.54 Å². The van der Waals surface area contributed by atoms with Gasteiger partial charge in [-0.1, -0.05) is 37.6 Å². The molecule has 0 fully saturated rings. The van der Waals surface area contributed by atoms with Gasteiger partial charge in [-0.15, -0.1) is 0 Å². The van der Waals surface area contributed by atoms with Crippen molar-refractivity contribution < 1.29 is 9.53 Å². The van der Waals surface area contributed by atoms with E-state index in [-0.39, 0.29) is 12.1 Å². The fourth-order valence-corrected chi connectivity index (χ4v) is 3.64. The van der Waals surface area contributed by atoms with Gasteiger partial charge in [-0.3, -0.25) is 0 Å². The van der Waals surface area contributed by atoms with Crippen LogP contribution in [0.25, 0.3) is 0 Å². The lowest BCUT2D eigenvalue weighted by molar-refractivity contribution is 0.181. The first-order chi connectivity index (χ1) is 15.0. The average Bonchev–Trinajstić information content (AvgIpc) is 2.77. The van der Waals surface area contributed by atoms with Crippen LogP contribution in [-0.4, -0.2) is 48.1 Å². The number of hydrogen-bond donors (Lipinski definition) is 1. The zero-order chi connectivity index (χ0) is 22.6. The Balaban J connectivity index is 2.09. The van der Waals surface area contributed by atoms with Gasteiger partial charge in [-0.25, -0.2) is 4.79 Å². The number of halogens is 1. The summed E-state index contributed by atoms with van der Waals surface area (Å²) in [5, 5.41) is 3.66. The molecule has 2 amide bonds. The molecule has 1 unspecified atom stereocenters. The number of nitrogens with one attached hydrogen (secondary N) is 1. The molecule has 5 nitrogen and oxygen atoms in total. The number of hydrogen-bond acceptors (Lipinski definition) is 3. The van der Waals surface area contributed by atoms with Gasteiger partial charge in [-0.2, -0.15) is 0 Å². The lowest BCUT2D eigenvalue weighted by atomic mass is 10.1. The second-order valence-corrected chi connectivity index (χ2v) is 8.10. The highest BCUT2D eigenvalue weighted by atomic mass is 35.5. The molecule has 0 spiro atoms. The van der Waals surface area contributed by atoms with Crippen LogP contribution in [0.1, 0.15) is 46.1 Å². The van der Waals surface area contributed by atoms with E-state index in [1.807, 2.05) is 48.2 Å². The van der Waals surface area contributed by atoms with Gasteiger partial charge >= 0.3 is 6.03 Å². The normalized spacial score (nSPS) is 11.9. The molecule has 6 heteroatoms. The summed E-state index contributed by atoms with van der Waals surface area (Å²) in [6, 6.07) is 15.2. The Hall–Kier alpha value is -2.24. The molecular formula is C25H36ClN3O2. The summed E-state index contributed by atoms with van der Waals surface area (Å²) in [6.45, 7) is 12.8. The van der Waals surface area contributed by atoms with E-state index < -0.39 is 0 Å². The van der Waals surface area contributed by atoms with E-state index in [4.69, 9.17) is 16.3 Å². The molecule has 0 saturated heterocycles. The molecule has 0 aromatic heterocycles. The molecular weight excluding hydrogens is 410 g/mol. The number of amides is 2. The first kappa shape index (κ1) is 25.0. The number of rotatable bonds is 12. The van der Waals surface area contributed by atoms with Crippen LogP contribution in [0.3, 0.4) is 0 Å². The maximum absolute atomic E-state index is 13.2. The van der Waals surface area contributed by atoms with E-state index in [1.54, 1.807) is 12.1 Å². The van der Waals surface area contributed by atoms with Gasteiger partial charge in [0.1, 0.15) is 5.75 Å². The number of carbonyl (C=O) groups is 1.